The molecule has 0 spiro atoms. The molecular formula is C27H25F3N2O. The third-order valence-electron chi connectivity index (χ3n) is 5.76. The van der Waals surface area contributed by atoms with Crippen LogP contribution in [0.3, 0.4) is 0 Å². The van der Waals surface area contributed by atoms with Crippen LogP contribution >= 0.6 is 0 Å². The second-order valence-electron chi connectivity index (χ2n) is 8.34. The summed E-state index contributed by atoms with van der Waals surface area (Å²) in [7, 11) is 0. The highest BCUT2D eigenvalue weighted by molar-refractivity contribution is 5.94. The van der Waals surface area contributed by atoms with Gasteiger partial charge in [0.15, 0.2) is 0 Å². The van der Waals surface area contributed by atoms with E-state index in [0.717, 1.165) is 22.5 Å². The summed E-state index contributed by atoms with van der Waals surface area (Å²) in [6.07, 6.45) is -0.946. The smallest absolute Gasteiger partial charge is 0.361 e. The van der Waals surface area contributed by atoms with Gasteiger partial charge in [0.2, 0.25) is 0 Å². The lowest BCUT2D eigenvalue weighted by molar-refractivity contribution is -0.137. The number of hydrogen-bond acceptors (Lipinski definition) is 1. The number of alkyl halides is 3. The number of halogens is 3. The van der Waals surface area contributed by atoms with Crippen LogP contribution in [0, 0.1) is 6.92 Å². The topological polar surface area (TPSA) is 44.9 Å². The fourth-order valence-corrected chi connectivity index (χ4v) is 4.16. The van der Waals surface area contributed by atoms with Gasteiger partial charge in [-0.3, -0.25) is 4.79 Å². The molecule has 4 aromatic rings. The fourth-order valence-electron chi connectivity index (χ4n) is 4.16. The zero-order chi connectivity index (χ0) is 23.4. The first kappa shape index (κ1) is 22.6. The van der Waals surface area contributed by atoms with Gasteiger partial charge in [-0.05, 0) is 67.6 Å². The Morgan fingerprint density at radius 2 is 1.73 bits per heavy atom. The Kier molecular flexibility index (Phi) is 6.54. The quantitative estimate of drug-likeness (QED) is 0.333. The minimum absolute atomic E-state index is 0.194. The second-order valence-corrected chi connectivity index (χ2v) is 8.34. The van der Waals surface area contributed by atoms with Crippen LogP contribution in [0.15, 0.2) is 79.0 Å². The fraction of sp³-hybridized carbons (Fsp3) is 0.222. The summed E-state index contributed by atoms with van der Waals surface area (Å²) in [4.78, 5) is 16.1. The summed E-state index contributed by atoms with van der Waals surface area (Å²) in [6.45, 7) is 1.67. The van der Waals surface area contributed by atoms with Crippen LogP contribution in [0.25, 0.3) is 10.9 Å². The third kappa shape index (κ3) is 5.64. The maximum atomic E-state index is 13.2. The number of carbonyl (C=O) groups excluding carboxylic acids is 1. The Morgan fingerprint density at radius 3 is 2.48 bits per heavy atom. The van der Waals surface area contributed by atoms with Crippen LogP contribution < -0.4 is 5.32 Å². The van der Waals surface area contributed by atoms with E-state index in [-0.39, 0.29) is 11.9 Å². The predicted molar refractivity (Wildman–Crippen MR) is 124 cm³/mol. The van der Waals surface area contributed by atoms with Crippen molar-refractivity contribution in [2.75, 3.05) is 0 Å². The summed E-state index contributed by atoms with van der Waals surface area (Å²) < 4.78 is 39.7. The molecule has 4 rings (SSSR count). The maximum Gasteiger partial charge on any atom is 0.416 e. The average molecular weight is 451 g/mol. The predicted octanol–water partition coefficient (Wildman–Crippen LogP) is 6.47. The lowest BCUT2D eigenvalue weighted by atomic mass is 9.96. The van der Waals surface area contributed by atoms with Crippen LogP contribution in [-0.2, 0) is 19.0 Å². The SMILES string of the molecule is Cc1cc(CCC(Cc2c[nH]c3ccccc23)NC(=O)c2ccccc2)cc(C(F)(F)F)c1. The van der Waals surface area contributed by atoms with Crippen molar-refractivity contribution < 1.29 is 18.0 Å². The van der Waals surface area contributed by atoms with Crippen molar-refractivity contribution in [2.45, 2.75) is 38.4 Å². The van der Waals surface area contributed by atoms with E-state index in [1.165, 1.54) is 6.07 Å². The number of aryl methyl sites for hydroxylation is 2. The molecule has 170 valence electrons. The normalized spacial score (nSPS) is 12.6. The van der Waals surface area contributed by atoms with Crippen LogP contribution in [0.4, 0.5) is 13.2 Å². The van der Waals surface area contributed by atoms with Crippen molar-refractivity contribution in [1.82, 2.24) is 10.3 Å². The number of para-hydroxylation sites is 1. The Balaban J connectivity index is 1.56. The zero-order valence-electron chi connectivity index (χ0n) is 18.2. The summed E-state index contributed by atoms with van der Waals surface area (Å²) in [5, 5.41) is 4.17. The molecule has 0 aliphatic carbocycles. The van der Waals surface area contributed by atoms with Crippen molar-refractivity contribution >= 4 is 16.8 Å². The van der Waals surface area contributed by atoms with E-state index in [9.17, 15) is 18.0 Å². The molecule has 1 heterocycles. The Morgan fingerprint density at radius 1 is 1.00 bits per heavy atom. The highest BCUT2D eigenvalue weighted by Gasteiger charge is 2.31. The number of aromatic amines is 1. The summed E-state index contributed by atoms with van der Waals surface area (Å²) in [5.74, 6) is -0.194. The van der Waals surface area contributed by atoms with Gasteiger partial charge >= 0.3 is 6.18 Å². The molecule has 0 saturated heterocycles. The van der Waals surface area contributed by atoms with E-state index in [0.29, 0.717) is 36.0 Å². The van der Waals surface area contributed by atoms with E-state index in [4.69, 9.17) is 0 Å². The van der Waals surface area contributed by atoms with E-state index in [1.807, 2.05) is 36.5 Å². The van der Waals surface area contributed by atoms with Gasteiger partial charge in [0.25, 0.3) is 5.91 Å². The molecule has 0 aliphatic heterocycles. The van der Waals surface area contributed by atoms with Crippen molar-refractivity contribution in [2.24, 2.45) is 0 Å². The van der Waals surface area contributed by atoms with Gasteiger partial charge < -0.3 is 10.3 Å². The number of H-pyrrole nitrogens is 1. The first-order valence-electron chi connectivity index (χ1n) is 10.9. The molecular weight excluding hydrogens is 425 g/mol. The number of carbonyl (C=O) groups is 1. The molecule has 3 aromatic carbocycles. The summed E-state index contributed by atoms with van der Waals surface area (Å²) in [5.41, 5.74) is 3.16. The number of aromatic nitrogens is 1. The lowest BCUT2D eigenvalue weighted by Gasteiger charge is -2.19. The highest BCUT2D eigenvalue weighted by Crippen LogP contribution is 2.31. The Labute approximate surface area is 190 Å². The van der Waals surface area contributed by atoms with Gasteiger partial charge in [-0.25, -0.2) is 0 Å². The average Bonchev–Trinajstić information content (AvgIpc) is 3.20. The van der Waals surface area contributed by atoms with Gasteiger partial charge in [0.05, 0.1) is 5.56 Å². The summed E-state index contributed by atoms with van der Waals surface area (Å²) in [6, 6.07) is 20.7. The molecule has 0 fully saturated rings. The maximum absolute atomic E-state index is 13.2. The lowest BCUT2D eigenvalue weighted by Crippen LogP contribution is -2.36. The van der Waals surface area contributed by atoms with E-state index in [1.54, 1.807) is 37.3 Å². The number of nitrogens with one attached hydrogen (secondary N) is 2. The first-order chi connectivity index (χ1) is 15.8. The van der Waals surface area contributed by atoms with Crippen LogP contribution in [0.5, 0.6) is 0 Å². The van der Waals surface area contributed by atoms with Crippen molar-refractivity contribution in [3.8, 4) is 0 Å². The number of hydrogen-bond donors (Lipinski definition) is 2. The highest BCUT2D eigenvalue weighted by atomic mass is 19.4. The van der Waals surface area contributed by atoms with E-state index < -0.39 is 11.7 Å². The van der Waals surface area contributed by atoms with Crippen LogP contribution in [-0.4, -0.2) is 16.9 Å². The Hall–Kier alpha value is -3.54. The molecule has 1 atom stereocenters. The largest absolute Gasteiger partial charge is 0.416 e. The third-order valence-corrected chi connectivity index (χ3v) is 5.76. The number of fused-ring (bicyclic) bond motifs is 1. The number of amides is 1. The van der Waals surface area contributed by atoms with Crippen molar-refractivity contribution in [3.63, 3.8) is 0 Å². The number of benzene rings is 3. The molecule has 0 saturated carbocycles. The van der Waals surface area contributed by atoms with Gasteiger partial charge in [-0.2, -0.15) is 13.2 Å². The van der Waals surface area contributed by atoms with Crippen molar-refractivity contribution in [1.29, 1.82) is 0 Å². The molecule has 1 unspecified atom stereocenters. The molecule has 3 nitrogen and oxygen atoms in total. The van der Waals surface area contributed by atoms with Gasteiger partial charge in [-0.1, -0.05) is 48.0 Å². The molecule has 0 aliphatic rings. The minimum atomic E-state index is -4.38. The van der Waals surface area contributed by atoms with Gasteiger partial charge in [0.1, 0.15) is 0 Å². The van der Waals surface area contributed by atoms with E-state index in [2.05, 4.69) is 10.3 Å². The van der Waals surface area contributed by atoms with Crippen LogP contribution in [0.1, 0.15) is 39.0 Å². The standard InChI is InChI=1S/C27H25F3N2O/c1-18-13-19(15-22(14-18)27(28,29)30)11-12-23(32-26(33)20-7-3-2-4-8-20)16-21-17-31-25-10-6-5-9-24(21)25/h2-10,13-15,17,23,31H,11-12,16H2,1H3,(H,32,33). The van der Waals surface area contributed by atoms with Gasteiger partial charge in [-0.15, -0.1) is 0 Å². The molecule has 33 heavy (non-hydrogen) atoms. The van der Waals surface area contributed by atoms with Gasteiger partial charge in [0, 0.05) is 28.7 Å². The monoisotopic (exact) mass is 450 g/mol. The molecule has 0 radical (unpaired) electrons. The minimum Gasteiger partial charge on any atom is -0.361 e. The van der Waals surface area contributed by atoms with Crippen molar-refractivity contribution in [3.05, 3.63) is 107 Å². The number of rotatable bonds is 7. The zero-order valence-corrected chi connectivity index (χ0v) is 18.2. The molecule has 6 heteroatoms. The molecule has 1 aromatic heterocycles. The molecule has 2 N–H and O–H groups in total. The Bertz CT molecular complexity index is 1250. The summed E-state index contributed by atoms with van der Waals surface area (Å²) >= 11 is 0. The second kappa shape index (κ2) is 9.53. The van der Waals surface area contributed by atoms with Crippen LogP contribution in [0.2, 0.25) is 0 Å². The molecule has 0 bridgehead atoms. The first-order valence-corrected chi connectivity index (χ1v) is 10.9. The molecule has 1 amide bonds. The van der Waals surface area contributed by atoms with E-state index >= 15 is 0 Å².